The molecule has 1 unspecified atom stereocenters. The molecule has 0 aromatic heterocycles. The Kier molecular flexibility index (Phi) is 9.03. The number of rotatable bonds is 9. The molecule has 0 saturated carbocycles. The molecule has 0 bridgehead atoms. The van der Waals surface area contributed by atoms with Gasteiger partial charge in [-0.05, 0) is 18.1 Å². The fourth-order valence-corrected chi connectivity index (χ4v) is 5.42. The first kappa shape index (κ1) is 23.1. The molecule has 3 rings (SSSR count). The van der Waals surface area contributed by atoms with Crippen LogP contribution >= 0.6 is 11.8 Å². The number of nitrogens with zero attached hydrogens (tertiary/aromatic N) is 2. The molecule has 2 aliphatic heterocycles. The lowest BCUT2D eigenvalue weighted by Crippen LogP contribution is -2.52. The Labute approximate surface area is 184 Å². The van der Waals surface area contributed by atoms with Crippen LogP contribution in [0.4, 0.5) is 5.69 Å². The summed E-state index contributed by atoms with van der Waals surface area (Å²) in [6.45, 7) is 9.14. The monoisotopic (exact) mass is 433 g/mol. The molecule has 7 heteroatoms. The first-order valence-corrected chi connectivity index (χ1v) is 12.2. The Bertz CT molecular complexity index is 705. The second-order valence-electron chi connectivity index (χ2n) is 7.96. The van der Waals surface area contributed by atoms with Crippen LogP contribution < -0.4 is 10.2 Å². The van der Waals surface area contributed by atoms with E-state index in [0.717, 1.165) is 55.5 Å². The number of ether oxygens (including phenoxy) is 1. The maximum absolute atomic E-state index is 12.8. The smallest absolute Gasteiger partial charge is 0.227 e. The van der Waals surface area contributed by atoms with Crippen molar-refractivity contribution in [2.24, 2.45) is 5.92 Å². The van der Waals surface area contributed by atoms with Gasteiger partial charge in [0.05, 0.1) is 18.9 Å². The highest BCUT2D eigenvalue weighted by atomic mass is 32.2. The first-order valence-electron chi connectivity index (χ1n) is 11.2. The molecule has 1 fully saturated rings. The van der Waals surface area contributed by atoms with E-state index in [9.17, 15) is 9.59 Å². The standard InChI is InChI=1S/C23H35N3O3S/c1-3-18(4-2)20(25-11-14-29-15-12-25)17-24-22(27)9-10-23(28)26-13-16-30-21-8-6-5-7-19(21)26/h5-8,18,20H,3-4,9-17H2,1-2H3,(H,24,27). The van der Waals surface area contributed by atoms with E-state index in [4.69, 9.17) is 4.74 Å². The number of carbonyl (C=O) groups is 2. The fraction of sp³-hybridized carbons (Fsp3) is 0.652. The fourth-order valence-electron chi connectivity index (χ4n) is 4.43. The van der Waals surface area contributed by atoms with Crippen LogP contribution in [0.2, 0.25) is 0 Å². The second kappa shape index (κ2) is 11.7. The Morgan fingerprint density at radius 2 is 1.83 bits per heavy atom. The van der Waals surface area contributed by atoms with Crippen molar-refractivity contribution in [1.29, 1.82) is 0 Å². The third-order valence-electron chi connectivity index (χ3n) is 6.21. The largest absolute Gasteiger partial charge is 0.379 e. The lowest BCUT2D eigenvalue weighted by atomic mass is 9.92. The molecule has 0 aliphatic carbocycles. The second-order valence-corrected chi connectivity index (χ2v) is 9.09. The number of fused-ring (bicyclic) bond motifs is 1. The van der Waals surface area contributed by atoms with Crippen molar-refractivity contribution >= 4 is 29.3 Å². The molecular formula is C23H35N3O3S. The van der Waals surface area contributed by atoms with Gasteiger partial charge in [0.1, 0.15) is 0 Å². The van der Waals surface area contributed by atoms with Crippen LogP contribution in [0.1, 0.15) is 39.5 Å². The highest BCUT2D eigenvalue weighted by Crippen LogP contribution is 2.34. The Morgan fingerprint density at radius 3 is 2.57 bits per heavy atom. The molecule has 1 aromatic rings. The minimum atomic E-state index is -0.0350. The molecule has 2 amide bonds. The van der Waals surface area contributed by atoms with Crippen LogP contribution in [-0.2, 0) is 14.3 Å². The molecule has 0 radical (unpaired) electrons. The van der Waals surface area contributed by atoms with Crippen molar-refractivity contribution in [1.82, 2.24) is 10.2 Å². The molecule has 2 heterocycles. The van der Waals surface area contributed by atoms with Gasteiger partial charge in [0, 0.05) is 55.7 Å². The number of thioether (sulfide) groups is 1. The molecule has 1 saturated heterocycles. The zero-order chi connectivity index (χ0) is 21.3. The van der Waals surface area contributed by atoms with Crippen molar-refractivity contribution in [2.75, 3.05) is 50.0 Å². The number of nitrogens with one attached hydrogen (secondary N) is 1. The number of para-hydroxylation sites is 1. The van der Waals surface area contributed by atoms with Gasteiger partial charge in [-0.2, -0.15) is 0 Å². The number of hydrogen-bond acceptors (Lipinski definition) is 5. The highest BCUT2D eigenvalue weighted by molar-refractivity contribution is 7.99. The number of hydrogen-bond donors (Lipinski definition) is 1. The van der Waals surface area contributed by atoms with Crippen LogP contribution in [0.5, 0.6) is 0 Å². The molecule has 1 N–H and O–H groups in total. The van der Waals surface area contributed by atoms with E-state index in [-0.39, 0.29) is 24.7 Å². The molecule has 0 spiro atoms. The van der Waals surface area contributed by atoms with Crippen LogP contribution in [0.3, 0.4) is 0 Å². The number of morpholine rings is 1. The number of amides is 2. The molecule has 30 heavy (non-hydrogen) atoms. The summed E-state index contributed by atoms with van der Waals surface area (Å²) < 4.78 is 5.50. The summed E-state index contributed by atoms with van der Waals surface area (Å²) in [5, 5.41) is 3.11. The molecule has 1 aromatic carbocycles. The van der Waals surface area contributed by atoms with Gasteiger partial charge in [0.2, 0.25) is 11.8 Å². The Morgan fingerprint density at radius 1 is 1.10 bits per heavy atom. The average molecular weight is 434 g/mol. The van der Waals surface area contributed by atoms with Crippen LogP contribution in [-0.4, -0.2) is 67.9 Å². The topological polar surface area (TPSA) is 61.9 Å². The van der Waals surface area contributed by atoms with E-state index in [0.29, 0.717) is 25.0 Å². The minimum Gasteiger partial charge on any atom is -0.379 e. The van der Waals surface area contributed by atoms with Gasteiger partial charge in [0.25, 0.3) is 0 Å². The summed E-state index contributed by atoms with van der Waals surface area (Å²) in [4.78, 5) is 30.7. The molecule has 6 nitrogen and oxygen atoms in total. The van der Waals surface area contributed by atoms with Crippen molar-refractivity contribution in [3.8, 4) is 0 Å². The maximum Gasteiger partial charge on any atom is 0.227 e. The third kappa shape index (κ3) is 5.99. The summed E-state index contributed by atoms with van der Waals surface area (Å²) in [6.07, 6.45) is 2.68. The molecule has 166 valence electrons. The molecule has 1 atom stereocenters. The molecular weight excluding hydrogens is 398 g/mol. The quantitative estimate of drug-likeness (QED) is 0.648. The number of carbonyl (C=O) groups excluding carboxylic acids is 2. The number of benzene rings is 1. The zero-order valence-corrected chi connectivity index (χ0v) is 19.1. The van der Waals surface area contributed by atoms with E-state index in [2.05, 4.69) is 30.1 Å². The van der Waals surface area contributed by atoms with Gasteiger partial charge >= 0.3 is 0 Å². The third-order valence-corrected chi connectivity index (χ3v) is 7.25. The Hall–Kier alpha value is -1.57. The predicted octanol–water partition coefficient (Wildman–Crippen LogP) is 3.16. The maximum atomic E-state index is 12.8. The van der Waals surface area contributed by atoms with E-state index in [1.165, 1.54) is 0 Å². The SMILES string of the molecule is CCC(CC)C(CNC(=O)CCC(=O)N1CCSc2ccccc21)N1CCOCC1. The first-order chi connectivity index (χ1) is 14.6. The van der Waals surface area contributed by atoms with Crippen LogP contribution in [0.25, 0.3) is 0 Å². The summed E-state index contributed by atoms with van der Waals surface area (Å²) in [6, 6.07) is 8.33. The minimum absolute atomic E-state index is 0.0302. The van der Waals surface area contributed by atoms with Gasteiger partial charge in [-0.15, -0.1) is 11.8 Å². The summed E-state index contributed by atoms with van der Waals surface area (Å²) >= 11 is 1.78. The van der Waals surface area contributed by atoms with Gasteiger partial charge in [-0.1, -0.05) is 38.8 Å². The van der Waals surface area contributed by atoms with E-state index in [1.807, 2.05) is 23.1 Å². The summed E-state index contributed by atoms with van der Waals surface area (Å²) in [7, 11) is 0. The zero-order valence-electron chi connectivity index (χ0n) is 18.3. The Balaban J connectivity index is 1.50. The van der Waals surface area contributed by atoms with E-state index in [1.54, 1.807) is 11.8 Å². The number of anilines is 1. The van der Waals surface area contributed by atoms with Gasteiger partial charge in [-0.3, -0.25) is 14.5 Å². The normalized spacial score (nSPS) is 18.2. The van der Waals surface area contributed by atoms with Gasteiger partial charge in [0.15, 0.2) is 0 Å². The van der Waals surface area contributed by atoms with Gasteiger partial charge < -0.3 is 15.0 Å². The van der Waals surface area contributed by atoms with Crippen molar-refractivity contribution in [2.45, 2.75) is 50.5 Å². The summed E-state index contributed by atoms with van der Waals surface area (Å²) in [5.74, 6) is 1.44. The highest BCUT2D eigenvalue weighted by Gasteiger charge is 2.28. The van der Waals surface area contributed by atoms with Crippen molar-refractivity contribution < 1.29 is 14.3 Å². The van der Waals surface area contributed by atoms with Crippen LogP contribution in [0, 0.1) is 5.92 Å². The average Bonchev–Trinajstić information content (AvgIpc) is 2.80. The molecule has 2 aliphatic rings. The van der Waals surface area contributed by atoms with E-state index < -0.39 is 0 Å². The van der Waals surface area contributed by atoms with Crippen molar-refractivity contribution in [3.05, 3.63) is 24.3 Å². The summed E-state index contributed by atoms with van der Waals surface area (Å²) in [5.41, 5.74) is 0.972. The van der Waals surface area contributed by atoms with Crippen LogP contribution in [0.15, 0.2) is 29.2 Å². The lowest BCUT2D eigenvalue weighted by Gasteiger charge is -2.38. The van der Waals surface area contributed by atoms with Gasteiger partial charge in [-0.25, -0.2) is 0 Å². The lowest BCUT2D eigenvalue weighted by molar-refractivity contribution is -0.125. The van der Waals surface area contributed by atoms with E-state index >= 15 is 0 Å². The predicted molar refractivity (Wildman–Crippen MR) is 122 cm³/mol. The van der Waals surface area contributed by atoms with Crippen molar-refractivity contribution in [3.63, 3.8) is 0 Å².